The van der Waals surface area contributed by atoms with E-state index >= 15 is 0 Å². The van der Waals surface area contributed by atoms with Gasteiger partial charge in [-0.05, 0) is 37.8 Å². The lowest BCUT2D eigenvalue weighted by Crippen LogP contribution is -2.35. The van der Waals surface area contributed by atoms with Gasteiger partial charge in [0.2, 0.25) is 0 Å². The fourth-order valence-electron chi connectivity index (χ4n) is 3.94. The Balaban J connectivity index is 1.56. The number of rotatable bonds is 4. The molecule has 2 fully saturated rings. The molecule has 138 valence electrons. The summed E-state index contributed by atoms with van der Waals surface area (Å²) < 4.78 is 0. The van der Waals surface area contributed by atoms with Gasteiger partial charge in [0.15, 0.2) is 0 Å². The molecule has 6 nitrogen and oxygen atoms in total. The largest absolute Gasteiger partial charge is 0.350 e. The molecule has 1 saturated carbocycles. The molecule has 0 bridgehead atoms. The van der Waals surface area contributed by atoms with E-state index in [4.69, 9.17) is 0 Å². The van der Waals surface area contributed by atoms with Gasteiger partial charge in [-0.15, -0.1) is 0 Å². The normalized spacial score (nSPS) is 22.4. The van der Waals surface area contributed by atoms with E-state index in [1.165, 1.54) is 25.7 Å². The van der Waals surface area contributed by atoms with Crippen molar-refractivity contribution in [2.24, 2.45) is 5.92 Å². The van der Waals surface area contributed by atoms with E-state index in [0.29, 0.717) is 12.5 Å². The highest BCUT2D eigenvalue weighted by Crippen LogP contribution is 2.28. The first kappa shape index (κ1) is 18.1. The quantitative estimate of drug-likeness (QED) is 0.875. The second kappa shape index (κ2) is 7.28. The molecule has 3 rings (SSSR count). The molecule has 0 radical (unpaired) electrons. The second-order valence-electron chi connectivity index (χ2n) is 8.53. The van der Waals surface area contributed by atoms with Crippen molar-refractivity contribution in [3.05, 3.63) is 27.9 Å². The Morgan fingerprint density at radius 3 is 2.72 bits per heavy atom. The molecule has 0 unspecified atom stereocenters. The molecule has 1 aliphatic carbocycles. The summed E-state index contributed by atoms with van der Waals surface area (Å²) >= 11 is 0. The molecule has 25 heavy (non-hydrogen) atoms. The number of amides is 1. The minimum atomic E-state index is -0.467. The maximum absolute atomic E-state index is 12.4. The number of H-pyrrole nitrogens is 1. The highest BCUT2D eigenvalue weighted by molar-refractivity contribution is 5.92. The third-order valence-corrected chi connectivity index (χ3v) is 5.49. The van der Waals surface area contributed by atoms with Crippen LogP contribution in [0, 0.1) is 5.92 Å². The van der Waals surface area contributed by atoms with E-state index in [2.05, 4.69) is 20.2 Å². The summed E-state index contributed by atoms with van der Waals surface area (Å²) in [5.41, 5.74) is 0.237. The van der Waals surface area contributed by atoms with Crippen LogP contribution in [0.2, 0.25) is 0 Å². The van der Waals surface area contributed by atoms with Crippen molar-refractivity contribution in [1.82, 2.24) is 20.2 Å². The molecule has 1 saturated heterocycles. The van der Waals surface area contributed by atoms with E-state index in [9.17, 15) is 9.59 Å². The lowest BCUT2D eigenvalue weighted by atomic mass is 9.91. The maximum Gasteiger partial charge on any atom is 0.345 e. The van der Waals surface area contributed by atoms with Crippen molar-refractivity contribution in [3.8, 4) is 0 Å². The SMILES string of the molecule is CC(C)(C)c1cc(C(=O)NC[C@@H]2CCN(C3CCCC3)C2)nc(=O)[nH]1. The molecule has 1 aromatic heterocycles. The van der Waals surface area contributed by atoms with Crippen molar-refractivity contribution in [1.29, 1.82) is 0 Å². The van der Waals surface area contributed by atoms with Crippen LogP contribution < -0.4 is 11.0 Å². The number of nitrogens with one attached hydrogen (secondary N) is 2. The highest BCUT2D eigenvalue weighted by atomic mass is 16.2. The molecule has 1 aromatic rings. The number of hydrogen-bond donors (Lipinski definition) is 2. The first-order chi connectivity index (χ1) is 11.8. The van der Waals surface area contributed by atoms with E-state index in [1.54, 1.807) is 6.07 Å². The summed E-state index contributed by atoms with van der Waals surface area (Å²) in [7, 11) is 0. The zero-order valence-electron chi connectivity index (χ0n) is 15.6. The molecule has 0 spiro atoms. The van der Waals surface area contributed by atoms with Gasteiger partial charge < -0.3 is 15.2 Å². The summed E-state index contributed by atoms with van der Waals surface area (Å²) in [5.74, 6) is 0.240. The van der Waals surface area contributed by atoms with Gasteiger partial charge in [-0.2, -0.15) is 4.98 Å². The van der Waals surface area contributed by atoms with Gasteiger partial charge in [0, 0.05) is 30.2 Å². The van der Waals surface area contributed by atoms with Crippen LogP contribution in [0.4, 0.5) is 0 Å². The molecule has 2 heterocycles. The van der Waals surface area contributed by atoms with Crippen LogP contribution in [0.5, 0.6) is 0 Å². The van der Waals surface area contributed by atoms with E-state index < -0.39 is 5.69 Å². The van der Waals surface area contributed by atoms with Crippen LogP contribution in [-0.4, -0.2) is 46.5 Å². The third kappa shape index (κ3) is 4.48. The number of carbonyl (C=O) groups is 1. The monoisotopic (exact) mass is 346 g/mol. The summed E-state index contributed by atoms with van der Waals surface area (Å²) in [6.45, 7) is 8.85. The molecule has 1 atom stereocenters. The maximum atomic E-state index is 12.4. The van der Waals surface area contributed by atoms with Gasteiger partial charge in [0.1, 0.15) is 5.69 Å². The molecule has 2 N–H and O–H groups in total. The Morgan fingerprint density at radius 2 is 2.04 bits per heavy atom. The van der Waals surface area contributed by atoms with Gasteiger partial charge in [-0.3, -0.25) is 4.79 Å². The minimum Gasteiger partial charge on any atom is -0.350 e. The van der Waals surface area contributed by atoms with Crippen LogP contribution in [0.15, 0.2) is 10.9 Å². The summed E-state index contributed by atoms with van der Waals surface area (Å²) in [5, 5.41) is 2.98. The summed E-state index contributed by atoms with van der Waals surface area (Å²) in [6.07, 6.45) is 6.49. The Hall–Kier alpha value is -1.69. The van der Waals surface area contributed by atoms with Gasteiger partial charge in [-0.25, -0.2) is 4.79 Å². The van der Waals surface area contributed by atoms with E-state index in [-0.39, 0.29) is 17.0 Å². The number of aromatic amines is 1. The second-order valence-corrected chi connectivity index (χ2v) is 8.53. The van der Waals surface area contributed by atoms with E-state index in [1.807, 2.05) is 20.8 Å². The molecule has 1 amide bonds. The lowest BCUT2D eigenvalue weighted by Gasteiger charge is -2.23. The van der Waals surface area contributed by atoms with Gasteiger partial charge in [0.05, 0.1) is 0 Å². The number of aromatic nitrogens is 2. The average molecular weight is 346 g/mol. The molecule has 2 aliphatic rings. The topological polar surface area (TPSA) is 78.1 Å². The highest BCUT2D eigenvalue weighted by Gasteiger charge is 2.30. The number of likely N-dealkylation sites (tertiary alicyclic amines) is 1. The summed E-state index contributed by atoms with van der Waals surface area (Å²) in [6, 6.07) is 2.44. The minimum absolute atomic E-state index is 0.208. The molecular weight excluding hydrogens is 316 g/mol. The zero-order valence-corrected chi connectivity index (χ0v) is 15.6. The van der Waals surface area contributed by atoms with Crippen molar-refractivity contribution in [2.75, 3.05) is 19.6 Å². The first-order valence-corrected chi connectivity index (χ1v) is 9.47. The van der Waals surface area contributed by atoms with Crippen LogP contribution in [0.1, 0.15) is 69.1 Å². The van der Waals surface area contributed by atoms with Crippen molar-refractivity contribution in [3.63, 3.8) is 0 Å². The molecule has 1 aliphatic heterocycles. The van der Waals surface area contributed by atoms with Crippen molar-refractivity contribution >= 4 is 5.91 Å². The fourth-order valence-corrected chi connectivity index (χ4v) is 3.94. The van der Waals surface area contributed by atoms with Gasteiger partial charge in [-0.1, -0.05) is 33.6 Å². The van der Waals surface area contributed by atoms with Crippen LogP contribution in [-0.2, 0) is 5.41 Å². The Bertz CT molecular complexity index is 671. The van der Waals surface area contributed by atoms with E-state index in [0.717, 1.165) is 31.2 Å². The molecular formula is C19H30N4O2. The zero-order chi connectivity index (χ0) is 18.0. The van der Waals surface area contributed by atoms with Crippen LogP contribution in [0.25, 0.3) is 0 Å². The Morgan fingerprint density at radius 1 is 1.32 bits per heavy atom. The van der Waals surface area contributed by atoms with Crippen LogP contribution >= 0.6 is 0 Å². The van der Waals surface area contributed by atoms with Gasteiger partial charge in [0.25, 0.3) is 5.91 Å². The predicted octanol–water partition coefficient (Wildman–Crippen LogP) is 2.06. The van der Waals surface area contributed by atoms with Crippen molar-refractivity contribution in [2.45, 2.75) is 64.3 Å². The fraction of sp³-hybridized carbons (Fsp3) is 0.737. The van der Waals surface area contributed by atoms with Crippen LogP contribution in [0.3, 0.4) is 0 Å². The molecule has 6 heteroatoms. The Kier molecular flexibility index (Phi) is 5.27. The number of carbonyl (C=O) groups excluding carboxylic acids is 1. The van der Waals surface area contributed by atoms with Gasteiger partial charge >= 0.3 is 5.69 Å². The third-order valence-electron chi connectivity index (χ3n) is 5.49. The standard InChI is InChI=1S/C19H30N4O2/c1-19(2,3)16-10-15(21-18(25)22-16)17(24)20-11-13-8-9-23(12-13)14-6-4-5-7-14/h10,13-14H,4-9,11-12H2,1-3H3,(H,20,24)(H,21,22,25)/t13-/m0/s1. The number of nitrogens with zero attached hydrogens (tertiary/aromatic N) is 2. The van der Waals surface area contributed by atoms with Crippen molar-refractivity contribution < 1.29 is 4.79 Å². The number of hydrogen-bond acceptors (Lipinski definition) is 4. The smallest absolute Gasteiger partial charge is 0.345 e. The Labute approximate surface area is 149 Å². The summed E-state index contributed by atoms with van der Waals surface area (Å²) in [4.78, 5) is 33.3. The average Bonchev–Trinajstić information content (AvgIpc) is 3.22. The molecule has 0 aromatic carbocycles. The lowest BCUT2D eigenvalue weighted by molar-refractivity contribution is 0.0941. The predicted molar refractivity (Wildman–Crippen MR) is 97.8 cm³/mol. The first-order valence-electron chi connectivity index (χ1n) is 9.47.